The number of nitrogens with one attached hydrogen (secondary N) is 1. The maximum Gasteiger partial charge on any atom is 0.271 e. The number of benzene rings is 3. The van der Waals surface area contributed by atoms with Crippen LogP contribution in [-0.2, 0) is 12.0 Å². The van der Waals surface area contributed by atoms with E-state index >= 15 is 0 Å². The first-order valence-corrected chi connectivity index (χ1v) is 11.8. The Kier molecular flexibility index (Phi) is 7.93. The quantitative estimate of drug-likeness (QED) is 0.303. The van der Waals surface area contributed by atoms with Gasteiger partial charge < -0.3 is 4.74 Å². The van der Waals surface area contributed by atoms with E-state index in [1.54, 1.807) is 12.1 Å². The lowest BCUT2D eigenvalue weighted by molar-refractivity contribution is 0.0954. The number of amides is 1. The average Bonchev–Trinajstić information content (AvgIpc) is 2.80. The molecule has 0 saturated carbocycles. The zero-order valence-corrected chi connectivity index (χ0v) is 21.4. The second-order valence-corrected chi connectivity index (χ2v) is 10.1. The van der Waals surface area contributed by atoms with E-state index in [-0.39, 0.29) is 11.3 Å². The van der Waals surface area contributed by atoms with E-state index in [2.05, 4.69) is 82.4 Å². The molecule has 3 aromatic carbocycles. The van der Waals surface area contributed by atoms with Crippen molar-refractivity contribution in [2.45, 2.75) is 66.4 Å². The molecule has 0 aromatic heterocycles. The number of hydrazone groups is 1. The molecule has 3 aromatic rings. The normalized spacial score (nSPS) is 12.1. The minimum atomic E-state index is -0.237. The van der Waals surface area contributed by atoms with Gasteiger partial charge in [-0.05, 0) is 71.2 Å². The van der Waals surface area contributed by atoms with Gasteiger partial charge in [0.05, 0.1) is 5.71 Å². The van der Waals surface area contributed by atoms with Gasteiger partial charge in [-0.15, -0.1) is 0 Å². The van der Waals surface area contributed by atoms with Crippen molar-refractivity contribution in [2.24, 2.45) is 5.10 Å². The summed E-state index contributed by atoms with van der Waals surface area (Å²) in [5.41, 5.74) is 9.71. The van der Waals surface area contributed by atoms with Crippen LogP contribution in [0.15, 0.2) is 71.8 Å². The molecule has 1 amide bonds. The molecule has 34 heavy (non-hydrogen) atoms. The van der Waals surface area contributed by atoms with Crippen LogP contribution in [0.5, 0.6) is 5.75 Å². The lowest BCUT2D eigenvalue weighted by Crippen LogP contribution is -2.19. The number of hydrogen-bond donors (Lipinski definition) is 1. The summed E-state index contributed by atoms with van der Waals surface area (Å²) in [5.74, 6) is 1.07. The molecular weight excluding hydrogens is 420 g/mol. The molecule has 0 unspecified atom stereocenters. The number of ether oxygens (including phenoxy) is 1. The Hall–Kier alpha value is -3.40. The number of aryl methyl sites for hydroxylation is 1. The van der Waals surface area contributed by atoms with Crippen LogP contribution in [0.3, 0.4) is 0 Å². The molecule has 178 valence electrons. The van der Waals surface area contributed by atoms with Gasteiger partial charge in [0.25, 0.3) is 5.91 Å². The number of nitrogens with zero attached hydrogens (tertiary/aromatic N) is 1. The van der Waals surface area contributed by atoms with Crippen LogP contribution in [0.2, 0.25) is 0 Å². The van der Waals surface area contributed by atoms with Crippen LogP contribution in [0.25, 0.3) is 0 Å². The van der Waals surface area contributed by atoms with E-state index in [0.29, 0.717) is 18.1 Å². The van der Waals surface area contributed by atoms with E-state index in [1.165, 1.54) is 16.7 Å². The number of carbonyl (C=O) groups excluding carboxylic acids is 1. The molecule has 0 saturated heterocycles. The Labute approximate surface area is 204 Å². The smallest absolute Gasteiger partial charge is 0.271 e. The summed E-state index contributed by atoms with van der Waals surface area (Å²) >= 11 is 0. The van der Waals surface area contributed by atoms with Gasteiger partial charge in [0.2, 0.25) is 0 Å². The number of carbonyl (C=O) groups is 1. The first-order chi connectivity index (χ1) is 16.0. The van der Waals surface area contributed by atoms with E-state index < -0.39 is 0 Å². The highest BCUT2D eigenvalue weighted by Gasteiger charge is 2.13. The summed E-state index contributed by atoms with van der Waals surface area (Å²) in [7, 11) is 0. The summed E-state index contributed by atoms with van der Waals surface area (Å²) in [4.78, 5) is 12.6. The van der Waals surface area contributed by atoms with Gasteiger partial charge in [-0.2, -0.15) is 5.10 Å². The number of hydrogen-bond acceptors (Lipinski definition) is 3. The summed E-state index contributed by atoms with van der Waals surface area (Å²) < 4.78 is 6.10. The van der Waals surface area contributed by atoms with Crippen molar-refractivity contribution in [2.75, 3.05) is 0 Å². The Morgan fingerprint density at radius 2 is 1.56 bits per heavy atom. The third kappa shape index (κ3) is 6.57. The van der Waals surface area contributed by atoms with E-state index in [1.807, 2.05) is 31.2 Å². The minimum absolute atomic E-state index is 0.103. The second kappa shape index (κ2) is 10.7. The van der Waals surface area contributed by atoms with Gasteiger partial charge in [-0.1, -0.05) is 83.1 Å². The molecule has 0 aliphatic heterocycles. The third-order valence-electron chi connectivity index (χ3n) is 5.90. The van der Waals surface area contributed by atoms with Crippen molar-refractivity contribution in [3.05, 3.63) is 100 Å². The van der Waals surface area contributed by atoms with Gasteiger partial charge in [0, 0.05) is 5.56 Å². The van der Waals surface area contributed by atoms with Crippen LogP contribution in [0.1, 0.15) is 85.6 Å². The fraction of sp³-hybridized carbons (Fsp3) is 0.333. The Morgan fingerprint density at radius 3 is 2.15 bits per heavy atom. The van der Waals surface area contributed by atoms with E-state index in [9.17, 15) is 4.79 Å². The van der Waals surface area contributed by atoms with Crippen molar-refractivity contribution < 1.29 is 9.53 Å². The molecule has 0 spiro atoms. The van der Waals surface area contributed by atoms with Crippen molar-refractivity contribution in [1.82, 2.24) is 5.43 Å². The van der Waals surface area contributed by atoms with Gasteiger partial charge in [0.1, 0.15) is 12.4 Å². The van der Waals surface area contributed by atoms with Gasteiger partial charge in [-0.3, -0.25) is 4.79 Å². The molecular formula is C30H36N2O2. The molecule has 0 fully saturated rings. The summed E-state index contributed by atoms with van der Waals surface area (Å²) in [6.07, 6.45) is 0. The largest absolute Gasteiger partial charge is 0.489 e. The Balaban J connectivity index is 1.60. The highest BCUT2D eigenvalue weighted by molar-refractivity contribution is 6.00. The molecule has 4 heteroatoms. The molecule has 0 atom stereocenters. The average molecular weight is 457 g/mol. The maximum atomic E-state index is 12.6. The van der Waals surface area contributed by atoms with Crippen LogP contribution in [0, 0.1) is 6.92 Å². The fourth-order valence-corrected chi connectivity index (χ4v) is 3.63. The van der Waals surface area contributed by atoms with E-state index in [0.717, 1.165) is 22.6 Å². The van der Waals surface area contributed by atoms with Gasteiger partial charge >= 0.3 is 0 Å². The lowest BCUT2D eigenvalue weighted by Gasteiger charge is -2.19. The highest BCUT2D eigenvalue weighted by atomic mass is 16.5. The molecule has 4 nitrogen and oxygen atoms in total. The van der Waals surface area contributed by atoms with Crippen LogP contribution in [-0.4, -0.2) is 11.6 Å². The van der Waals surface area contributed by atoms with Crippen LogP contribution >= 0.6 is 0 Å². The predicted molar refractivity (Wildman–Crippen MR) is 141 cm³/mol. The predicted octanol–water partition coefficient (Wildman–Crippen LogP) is 7.15. The van der Waals surface area contributed by atoms with Gasteiger partial charge in [0.15, 0.2) is 0 Å². The molecule has 3 rings (SSSR count). The first-order valence-electron chi connectivity index (χ1n) is 11.8. The zero-order chi connectivity index (χ0) is 24.9. The van der Waals surface area contributed by atoms with Crippen molar-refractivity contribution in [3.8, 4) is 5.75 Å². The second-order valence-electron chi connectivity index (χ2n) is 10.1. The van der Waals surface area contributed by atoms with Crippen LogP contribution in [0.4, 0.5) is 0 Å². The highest BCUT2D eigenvalue weighted by Crippen LogP contribution is 2.28. The summed E-state index contributed by atoms with van der Waals surface area (Å²) in [6, 6.07) is 22.1. The summed E-state index contributed by atoms with van der Waals surface area (Å²) in [5, 5.41) is 4.29. The zero-order valence-electron chi connectivity index (χ0n) is 21.4. The van der Waals surface area contributed by atoms with Crippen LogP contribution < -0.4 is 10.2 Å². The lowest BCUT2D eigenvalue weighted by atomic mass is 9.86. The monoisotopic (exact) mass is 456 g/mol. The fourth-order valence-electron chi connectivity index (χ4n) is 3.63. The van der Waals surface area contributed by atoms with Crippen molar-refractivity contribution >= 4 is 11.6 Å². The maximum absolute atomic E-state index is 12.6. The standard InChI is InChI=1S/C30H36N2O2/c1-20(2)27-17-8-21(3)18-28(27)34-19-23-9-11-25(12-10-23)29(33)32-31-22(4)24-13-15-26(16-14-24)30(5,6)7/h8-18,20H,19H2,1-7H3,(H,32,33). The first kappa shape index (κ1) is 25.2. The van der Waals surface area contributed by atoms with Crippen molar-refractivity contribution in [3.63, 3.8) is 0 Å². The Bertz CT molecular complexity index is 1150. The minimum Gasteiger partial charge on any atom is -0.489 e. The van der Waals surface area contributed by atoms with Gasteiger partial charge in [-0.25, -0.2) is 5.43 Å². The molecule has 0 radical (unpaired) electrons. The number of rotatable bonds is 7. The molecule has 0 heterocycles. The SMILES string of the molecule is CC(=NNC(=O)c1ccc(COc2cc(C)ccc2C(C)C)cc1)c1ccc(C(C)(C)C)cc1. The summed E-state index contributed by atoms with van der Waals surface area (Å²) in [6.45, 7) is 15.3. The molecule has 0 aliphatic rings. The van der Waals surface area contributed by atoms with Crippen molar-refractivity contribution in [1.29, 1.82) is 0 Å². The molecule has 0 aliphatic carbocycles. The molecule has 1 N–H and O–H groups in total. The third-order valence-corrected chi connectivity index (χ3v) is 5.90. The molecule has 0 bridgehead atoms. The topological polar surface area (TPSA) is 50.7 Å². The van der Waals surface area contributed by atoms with E-state index in [4.69, 9.17) is 4.74 Å². The Morgan fingerprint density at radius 1 is 0.941 bits per heavy atom.